The smallest absolute Gasteiger partial charge is 0.408 e. The highest BCUT2D eigenvalue weighted by atomic mass is 16.5. The molecule has 0 fully saturated rings. The predicted octanol–water partition coefficient (Wildman–Crippen LogP) is 4.07. The van der Waals surface area contributed by atoms with Gasteiger partial charge in [0.25, 0.3) is 0 Å². The van der Waals surface area contributed by atoms with Gasteiger partial charge in [-0.1, -0.05) is 72.8 Å². The number of alkyl carbamates (subject to hydrolysis) is 1. The molecule has 1 amide bonds. The number of hydrogen-bond donors (Lipinski definition) is 2. The zero-order chi connectivity index (χ0) is 18.6. The highest BCUT2D eigenvalue weighted by Gasteiger charge is 2.38. The molecule has 0 aliphatic carbocycles. The third-order valence-electron chi connectivity index (χ3n) is 4.32. The van der Waals surface area contributed by atoms with Gasteiger partial charge in [0.15, 0.2) is 5.54 Å². The topological polar surface area (TPSA) is 75.6 Å². The van der Waals surface area contributed by atoms with Crippen LogP contribution in [0.25, 0.3) is 10.8 Å². The predicted molar refractivity (Wildman–Crippen MR) is 98.7 cm³/mol. The van der Waals surface area contributed by atoms with Crippen LogP contribution in [0.4, 0.5) is 4.79 Å². The normalized spacial score (nSPS) is 13.0. The molecule has 0 radical (unpaired) electrons. The summed E-state index contributed by atoms with van der Waals surface area (Å²) in [4.78, 5) is 24.3. The third kappa shape index (κ3) is 3.52. The Kier molecular flexibility index (Phi) is 4.89. The minimum absolute atomic E-state index is 0.0674. The van der Waals surface area contributed by atoms with Crippen molar-refractivity contribution in [1.82, 2.24) is 5.32 Å². The van der Waals surface area contributed by atoms with Gasteiger partial charge in [0.1, 0.15) is 6.61 Å². The molecule has 3 aromatic carbocycles. The molecule has 5 nitrogen and oxygen atoms in total. The van der Waals surface area contributed by atoms with E-state index in [-0.39, 0.29) is 6.61 Å². The molecule has 0 bridgehead atoms. The van der Waals surface area contributed by atoms with Crippen molar-refractivity contribution >= 4 is 22.8 Å². The van der Waals surface area contributed by atoms with Gasteiger partial charge < -0.3 is 15.2 Å². The first-order valence-electron chi connectivity index (χ1n) is 8.21. The number of aliphatic carboxylic acids is 1. The summed E-state index contributed by atoms with van der Waals surface area (Å²) in [5.41, 5.74) is -0.293. The molecule has 0 spiro atoms. The van der Waals surface area contributed by atoms with Gasteiger partial charge in [-0.3, -0.25) is 0 Å². The number of carbonyl (C=O) groups excluding carboxylic acids is 1. The Morgan fingerprint density at radius 3 is 2.35 bits per heavy atom. The molecule has 0 aromatic heterocycles. The number of nitrogens with one attached hydrogen (secondary N) is 1. The van der Waals surface area contributed by atoms with Gasteiger partial charge in [-0.15, -0.1) is 0 Å². The van der Waals surface area contributed by atoms with Crippen LogP contribution in [-0.4, -0.2) is 17.2 Å². The molecule has 0 heterocycles. The number of benzene rings is 3. The van der Waals surface area contributed by atoms with E-state index in [2.05, 4.69) is 5.32 Å². The van der Waals surface area contributed by atoms with Gasteiger partial charge in [0.2, 0.25) is 0 Å². The van der Waals surface area contributed by atoms with Crippen molar-refractivity contribution in [1.29, 1.82) is 0 Å². The summed E-state index contributed by atoms with van der Waals surface area (Å²) in [7, 11) is 0. The van der Waals surface area contributed by atoms with Gasteiger partial charge in [0.05, 0.1) is 0 Å². The zero-order valence-electron chi connectivity index (χ0n) is 14.3. The molecule has 0 saturated carbocycles. The number of fused-ring (bicyclic) bond motifs is 1. The van der Waals surface area contributed by atoms with E-state index in [4.69, 9.17) is 4.74 Å². The van der Waals surface area contributed by atoms with Crippen LogP contribution in [0.1, 0.15) is 18.1 Å². The number of ether oxygens (including phenoxy) is 1. The Balaban J connectivity index is 1.85. The fourth-order valence-electron chi connectivity index (χ4n) is 2.86. The highest BCUT2D eigenvalue weighted by molar-refractivity contribution is 5.94. The lowest BCUT2D eigenvalue weighted by Gasteiger charge is -2.27. The van der Waals surface area contributed by atoms with Crippen LogP contribution in [0.5, 0.6) is 0 Å². The quantitative estimate of drug-likeness (QED) is 0.728. The first-order valence-corrected chi connectivity index (χ1v) is 8.21. The lowest BCUT2D eigenvalue weighted by molar-refractivity contribution is -0.144. The summed E-state index contributed by atoms with van der Waals surface area (Å²) >= 11 is 0. The van der Waals surface area contributed by atoms with Crippen molar-refractivity contribution in [2.24, 2.45) is 0 Å². The average Bonchev–Trinajstić information content (AvgIpc) is 2.66. The Labute approximate surface area is 151 Å². The van der Waals surface area contributed by atoms with Crippen molar-refractivity contribution in [3.63, 3.8) is 0 Å². The van der Waals surface area contributed by atoms with Gasteiger partial charge in [-0.05, 0) is 28.8 Å². The molecule has 3 rings (SSSR count). The fourth-order valence-corrected chi connectivity index (χ4v) is 2.86. The minimum atomic E-state index is -1.62. The van der Waals surface area contributed by atoms with Gasteiger partial charge in [0, 0.05) is 0 Å². The Hall–Kier alpha value is -3.34. The molecule has 0 saturated heterocycles. The number of rotatable bonds is 5. The molecule has 1 unspecified atom stereocenters. The molecular formula is C21H19NO4. The molecule has 5 heteroatoms. The molecular weight excluding hydrogens is 330 g/mol. The van der Waals surface area contributed by atoms with Crippen molar-refractivity contribution < 1.29 is 19.4 Å². The average molecular weight is 349 g/mol. The van der Waals surface area contributed by atoms with E-state index >= 15 is 0 Å². The standard InChI is InChI=1S/C21H19NO4/c1-21(19(23)24,18-13-7-11-16-10-5-6-12-17(16)18)22-20(25)26-14-15-8-3-2-4-9-15/h2-13H,14H2,1H3,(H,22,25)(H,23,24). The second-order valence-corrected chi connectivity index (χ2v) is 6.14. The second-order valence-electron chi connectivity index (χ2n) is 6.14. The molecule has 0 aliphatic heterocycles. The maximum atomic E-state index is 12.2. The first kappa shape index (κ1) is 17.5. The first-order chi connectivity index (χ1) is 12.5. The van der Waals surface area contributed by atoms with E-state index in [0.29, 0.717) is 5.56 Å². The van der Waals surface area contributed by atoms with Crippen molar-refractivity contribution in [3.8, 4) is 0 Å². The number of hydrogen-bond acceptors (Lipinski definition) is 3. The third-order valence-corrected chi connectivity index (χ3v) is 4.32. The van der Waals surface area contributed by atoms with E-state index in [1.165, 1.54) is 6.92 Å². The monoisotopic (exact) mass is 349 g/mol. The lowest BCUT2D eigenvalue weighted by Crippen LogP contribution is -2.49. The summed E-state index contributed by atoms with van der Waals surface area (Å²) < 4.78 is 5.19. The van der Waals surface area contributed by atoms with Gasteiger partial charge in [-0.25, -0.2) is 9.59 Å². The zero-order valence-corrected chi connectivity index (χ0v) is 14.3. The maximum Gasteiger partial charge on any atom is 0.408 e. The lowest BCUT2D eigenvalue weighted by atomic mass is 9.88. The van der Waals surface area contributed by atoms with Crippen LogP contribution in [0.15, 0.2) is 72.8 Å². The van der Waals surface area contributed by atoms with Crippen molar-refractivity contribution in [3.05, 3.63) is 83.9 Å². The van der Waals surface area contributed by atoms with Crippen molar-refractivity contribution in [2.45, 2.75) is 19.1 Å². The van der Waals surface area contributed by atoms with Crippen LogP contribution >= 0.6 is 0 Å². The van der Waals surface area contributed by atoms with E-state index in [1.54, 1.807) is 12.1 Å². The molecule has 26 heavy (non-hydrogen) atoms. The highest BCUT2D eigenvalue weighted by Crippen LogP contribution is 2.29. The Morgan fingerprint density at radius 1 is 0.962 bits per heavy atom. The van der Waals surface area contributed by atoms with Crippen LogP contribution < -0.4 is 5.32 Å². The largest absolute Gasteiger partial charge is 0.479 e. The fraction of sp³-hybridized carbons (Fsp3) is 0.143. The molecule has 2 N–H and O–H groups in total. The number of carboxylic acids is 1. The van der Waals surface area contributed by atoms with E-state index in [0.717, 1.165) is 16.3 Å². The van der Waals surface area contributed by atoms with Crippen LogP contribution in [-0.2, 0) is 21.7 Å². The van der Waals surface area contributed by atoms with Crippen LogP contribution in [0, 0.1) is 0 Å². The molecule has 1 atom stereocenters. The number of amides is 1. The Bertz CT molecular complexity index is 934. The number of carbonyl (C=O) groups is 2. The summed E-state index contributed by atoms with van der Waals surface area (Å²) in [6.07, 6.45) is -0.785. The van der Waals surface area contributed by atoms with Gasteiger partial charge in [-0.2, -0.15) is 0 Å². The second kappa shape index (κ2) is 7.27. The summed E-state index contributed by atoms with van der Waals surface area (Å²) in [6, 6.07) is 22.0. The van der Waals surface area contributed by atoms with E-state index in [1.807, 2.05) is 60.7 Å². The Morgan fingerprint density at radius 2 is 1.62 bits per heavy atom. The van der Waals surface area contributed by atoms with Crippen molar-refractivity contribution in [2.75, 3.05) is 0 Å². The minimum Gasteiger partial charge on any atom is -0.479 e. The molecule has 3 aromatic rings. The van der Waals surface area contributed by atoms with E-state index in [9.17, 15) is 14.7 Å². The van der Waals surface area contributed by atoms with Crippen LogP contribution in [0.2, 0.25) is 0 Å². The maximum absolute atomic E-state index is 12.2. The van der Waals surface area contributed by atoms with Crippen LogP contribution in [0.3, 0.4) is 0 Å². The SMILES string of the molecule is CC(NC(=O)OCc1ccccc1)(C(=O)O)c1cccc2ccccc12. The van der Waals surface area contributed by atoms with E-state index < -0.39 is 17.6 Å². The van der Waals surface area contributed by atoms with Gasteiger partial charge >= 0.3 is 12.1 Å². The molecule has 132 valence electrons. The number of carboxylic acid groups (broad SMARTS) is 1. The summed E-state index contributed by atoms with van der Waals surface area (Å²) in [5.74, 6) is -1.16. The molecule has 0 aliphatic rings. The summed E-state index contributed by atoms with van der Waals surface area (Å²) in [6.45, 7) is 1.53. The summed E-state index contributed by atoms with van der Waals surface area (Å²) in [5, 5.41) is 14.0.